The van der Waals surface area contributed by atoms with Crippen molar-refractivity contribution in [2.45, 2.75) is 90.6 Å². The summed E-state index contributed by atoms with van der Waals surface area (Å²) in [7, 11) is 6.05. The van der Waals surface area contributed by atoms with E-state index in [2.05, 4.69) is 16.0 Å². The Labute approximate surface area is 283 Å². The van der Waals surface area contributed by atoms with Gasteiger partial charge in [0.2, 0.25) is 23.0 Å². The number of methoxy groups -OCH3 is 4. The Morgan fingerprint density at radius 3 is 2.27 bits per heavy atom. The highest BCUT2D eigenvalue weighted by molar-refractivity contribution is 5.86. The van der Waals surface area contributed by atoms with E-state index in [1.54, 1.807) is 33.5 Å². The molecule has 2 aliphatic carbocycles. The van der Waals surface area contributed by atoms with Crippen LogP contribution in [0.5, 0.6) is 17.2 Å². The molecule has 2 aromatic carbocycles. The maximum Gasteiger partial charge on any atom is 0.306 e. The first-order valence-electron chi connectivity index (χ1n) is 16.8. The lowest BCUT2D eigenvalue weighted by Crippen LogP contribution is -2.47. The molecule has 0 spiro atoms. The van der Waals surface area contributed by atoms with Gasteiger partial charge in [-0.25, -0.2) is 0 Å². The smallest absolute Gasteiger partial charge is 0.306 e. The van der Waals surface area contributed by atoms with Crippen LogP contribution in [-0.4, -0.2) is 58.8 Å². The molecule has 2 aliphatic rings. The van der Waals surface area contributed by atoms with E-state index in [1.807, 2.05) is 26.0 Å². The summed E-state index contributed by atoms with van der Waals surface area (Å²) in [4.78, 5) is 52.3. The van der Waals surface area contributed by atoms with Crippen LogP contribution in [0.1, 0.15) is 89.3 Å². The molecule has 0 saturated heterocycles. The number of esters is 1. The minimum atomic E-state index is -0.698. The molecule has 0 heterocycles. The zero-order valence-electron chi connectivity index (χ0n) is 29.4. The lowest BCUT2D eigenvalue weighted by Gasteiger charge is -2.37. The first-order chi connectivity index (χ1) is 22.9. The molecule has 2 amide bonds. The zero-order chi connectivity index (χ0) is 35.0. The van der Waals surface area contributed by atoms with Crippen molar-refractivity contribution < 1.29 is 33.3 Å². The predicted molar refractivity (Wildman–Crippen MR) is 185 cm³/mol. The van der Waals surface area contributed by atoms with Crippen LogP contribution in [0.4, 0.5) is 5.69 Å². The predicted octanol–water partition coefficient (Wildman–Crippen LogP) is 5.32. The Bertz CT molecular complexity index is 1550. The number of carbonyl (C=O) groups excluding carboxylic acids is 3. The van der Waals surface area contributed by atoms with Crippen molar-refractivity contribution in [2.75, 3.05) is 40.3 Å². The summed E-state index contributed by atoms with van der Waals surface area (Å²) >= 11 is 0. The molecule has 0 aliphatic heterocycles. The van der Waals surface area contributed by atoms with E-state index in [1.165, 1.54) is 14.0 Å². The lowest BCUT2D eigenvalue weighted by atomic mass is 9.71. The summed E-state index contributed by atoms with van der Waals surface area (Å²) in [6.45, 7) is 5.86. The molecule has 0 bridgehead atoms. The van der Waals surface area contributed by atoms with E-state index in [9.17, 15) is 19.2 Å². The molecule has 0 radical (unpaired) electrons. The standard InChI is InChI=1S/C37H51N3O8/c1-22(2)17-29(36(44)38-21-37(20-32(43)46-5)15-9-8-10-16-37)40-28-14-12-25-26(19-30(28)42)27(39-23(3)41)13-11-24-18-31(45-4)34(47-6)35(48-7)33(24)25/h12,14,18-19,22,27,29H,8-11,13,15-17,20-21H2,1-7H3,(H,38,44)(H,39,41)(H,40,42)/t27-,29-/m0/s1. The van der Waals surface area contributed by atoms with E-state index in [0.717, 1.165) is 43.2 Å². The quantitative estimate of drug-likeness (QED) is 0.243. The summed E-state index contributed by atoms with van der Waals surface area (Å²) in [5.74, 6) is 0.834. The topological polar surface area (TPSA) is 141 Å². The second kappa shape index (κ2) is 16.2. The van der Waals surface area contributed by atoms with Crippen LogP contribution in [0, 0.1) is 11.3 Å². The SMILES string of the molecule is COC(=O)CC1(CNC(=O)[C@H](CC(C)C)Nc2ccc3c(cc2=O)[C@@H](NC(C)=O)CCc2cc(OC)c(OC)c(OC)c2-3)CCCCC1. The molecule has 2 aromatic rings. The van der Waals surface area contributed by atoms with Gasteiger partial charge in [0.15, 0.2) is 11.5 Å². The third-order valence-corrected chi connectivity index (χ3v) is 9.57. The molecular weight excluding hydrogens is 614 g/mol. The molecule has 0 aromatic heterocycles. The average Bonchev–Trinajstić information content (AvgIpc) is 3.30. The van der Waals surface area contributed by atoms with Gasteiger partial charge in [0, 0.05) is 19.0 Å². The monoisotopic (exact) mass is 665 g/mol. The summed E-state index contributed by atoms with van der Waals surface area (Å²) in [5.41, 5.74) is 2.61. The van der Waals surface area contributed by atoms with Crippen LogP contribution >= 0.6 is 0 Å². The molecular formula is C37H51N3O8. The molecule has 262 valence electrons. The van der Waals surface area contributed by atoms with Crippen LogP contribution in [0.15, 0.2) is 29.1 Å². The van der Waals surface area contributed by atoms with Crippen molar-refractivity contribution in [1.82, 2.24) is 10.6 Å². The maximum absolute atomic E-state index is 13.9. The number of hydrogen-bond donors (Lipinski definition) is 3. The van der Waals surface area contributed by atoms with E-state index >= 15 is 0 Å². The first-order valence-corrected chi connectivity index (χ1v) is 16.8. The van der Waals surface area contributed by atoms with Gasteiger partial charge >= 0.3 is 5.97 Å². The van der Waals surface area contributed by atoms with Gasteiger partial charge in [-0.3, -0.25) is 19.2 Å². The van der Waals surface area contributed by atoms with Crippen molar-refractivity contribution in [3.8, 4) is 28.4 Å². The van der Waals surface area contributed by atoms with Crippen molar-refractivity contribution in [3.63, 3.8) is 0 Å². The molecule has 1 saturated carbocycles. The molecule has 11 heteroatoms. The Balaban J connectivity index is 1.75. The summed E-state index contributed by atoms with van der Waals surface area (Å²) < 4.78 is 22.2. The minimum absolute atomic E-state index is 0.152. The van der Waals surface area contributed by atoms with Crippen molar-refractivity contribution in [3.05, 3.63) is 45.6 Å². The maximum atomic E-state index is 13.9. The van der Waals surface area contributed by atoms with E-state index < -0.39 is 12.1 Å². The number of benzene rings is 1. The number of hydrogen-bond acceptors (Lipinski definition) is 9. The largest absolute Gasteiger partial charge is 0.493 e. The molecule has 1 fully saturated rings. The Morgan fingerprint density at radius 1 is 0.958 bits per heavy atom. The van der Waals surface area contributed by atoms with E-state index in [0.29, 0.717) is 54.2 Å². The second-order valence-corrected chi connectivity index (χ2v) is 13.5. The van der Waals surface area contributed by atoms with Gasteiger partial charge in [0.25, 0.3) is 0 Å². The fourth-order valence-electron chi connectivity index (χ4n) is 7.21. The van der Waals surface area contributed by atoms with E-state index in [4.69, 9.17) is 18.9 Å². The highest BCUT2D eigenvalue weighted by Crippen LogP contribution is 2.50. The molecule has 2 atom stereocenters. The normalized spacial score (nSPS) is 17.1. The highest BCUT2D eigenvalue weighted by Gasteiger charge is 2.36. The molecule has 4 rings (SSSR count). The number of ether oxygens (including phenoxy) is 4. The van der Waals surface area contributed by atoms with Gasteiger partial charge in [-0.1, -0.05) is 39.2 Å². The molecule has 48 heavy (non-hydrogen) atoms. The average molecular weight is 666 g/mol. The molecule has 0 unspecified atom stereocenters. The third kappa shape index (κ3) is 8.41. The highest BCUT2D eigenvalue weighted by atomic mass is 16.5. The van der Waals surface area contributed by atoms with E-state index in [-0.39, 0.29) is 46.7 Å². The zero-order valence-corrected chi connectivity index (χ0v) is 29.4. The van der Waals surface area contributed by atoms with Gasteiger partial charge in [-0.2, -0.15) is 0 Å². The fourth-order valence-corrected chi connectivity index (χ4v) is 7.21. The number of amides is 2. The van der Waals surface area contributed by atoms with Gasteiger partial charge < -0.3 is 34.9 Å². The van der Waals surface area contributed by atoms with Gasteiger partial charge in [0.05, 0.1) is 46.6 Å². The minimum Gasteiger partial charge on any atom is -0.493 e. The van der Waals surface area contributed by atoms with Crippen LogP contribution in [0.2, 0.25) is 0 Å². The van der Waals surface area contributed by atoms with Crippen LogP contribution < -0.4 is 35.6 Å². The number of fused-ring (bicyclic) bond motifs is 3. The number of anilines is 1. The first kappa shape index (κ1) is 36.6. The van der Waals surface area contributed by atoms with Crippen LogP contribution in [-0.2, 0) is 25.5 Å². The van der Waals surface area contributed by atoms with Crippen LogP contribution in [0.3, 0.4) is 0 Å². The number of nitrogens with one attached hydrogen (secondary N) is 3. The second-order valence-electron chi connectivity index (χ2n) is 13.5. The number of carbonyl (C=O) groups is 3. The van der Waals surface area contributed by atoms with Crippen LogP contribution in [0.25, 0.3) is 11.1 Å². The fraction of sp³-hybridized carbons (Fsp3) is 0.568. The lowest BCUT2D eigenvalue weighted by molar-refractivity contribution is -0.144. The Kier molecular flexibility index (Phi) is 12.3. The molecule has 11 nitrogen and oxygen atoms in total. The van der Waals surface area contributed by atoms with Gasteiger partial charge in [0.1, 0.15) is 6.04 Å². The Hall–Kier alpha value is -4.28. The third-order valence-electron chi connectivity index (χ3n) is 9.57. The van der Waals surface area contributed by atoms with Crippen molar-refractivity contribution in [2.24, 2.45) is 11.3 Å². The number of aryl methyl sites for hydroxylation is 1. The van der Waals surface area contributed by atoms with Crippen molar-refractivity contribution in [1.29, 1.82) is 0 Å². The summed E-state index contributed by atoms with van der Waals surface area (Å²) in [6.07, 6.45) is 6.64. The Morgan fingerprint density at radius 2 is 1.67 bits per heavy atom. The van der Waals surface area contributed by atoms with Gasteiger partial charge in [-0.05, 0) is 78.3 Å². The van der Waals surface area contributed by atoms with Gasteiger partial charge in [-0.15, -0.1) is 0 Å². The molecule has 3 N–H and O–H groups in total. The number of rotatable bonds is 13. The van der Waals surface area contributed by atoms with Crippen molar-refractivity contribution >= 4 is 23.5 Å². The summed E-state index contributed by atoms with van der Waals surface area (Å²) in [6, 6.07) is 5.83. The summed E-state index contributed by atoms with van der Waals surface area (Å²) in [5, 5.41) is 9.40.